The molecule has 0 unspecified atom stereocenters. The molecule has 0 heterocycles. The van der Waals surface area contributed by atoms with E-state index in [2.05, 4.69) is 5.32 Å². The first-order chi connectivity index (χ1) is 5.22. The van der Waals surface area contributed by atoms with Crippen molar-refractivity contribution in [3.05, 3.63) is 0 Å². The van der Waals surface area contributed by atoms with E-state index in [0.29, 0.717) is 18.6 Å². The van der Waals surface area contributed by atoms with Gasteiger partial charge in [-0.25, -0.2) is 0 Å². The van der Waals surface area contributed by atoms with E-state index in [1.165, 1.54) is 11.8 Å². The van der Waals surface area contributed by atoms with Crippen LogP contribution in [0.4, 0.5) is 0 Å². The van der Waals surface area contributed by atoms with Crippen LogP contribution in [0.1, 0.15) is 6.42 Å². The van der Waals surface area contributed by atoms with E-state index in [1.807, 2.05) is 6.26 Å². The van der Waals surface area contributed by atoms with E-state index in [9.17, 15) is 14.7 Å². The van der Waals surface area contributed by atoms with Gasteiger partial charge in [-0.2, -0.15) is 11.8 Å². The minimum Gasteiger partial charge on any atom is -0.548 e. The molecule has 0 bridgehead atoms. The zero-order chi connectivity index (χ0) is 8.69. The lowest BCUT2D eigenvalue weighted by Crippen LogP contribution is -2.45. The summed E-state index contributed by atoms with van der Waals surface area (Å²) in [5.74, 6) is -0.536. The largest absolute Gasteiger partial charge is 0.548 e. The van der Waals surface area contributed by atoms with Crippen molar-refractivity contribution in [2.24, 2.45) is 0 Å². The highest BCUT2D eigenvalue weighted by Gasteiger charge is 2.06. The van der Waals surface area contributed by atoms with Crippen molar-refractivity contribution in [1.29, 1.82) is 0 Å². The molecule has 0 rings (SSSR count). The normalized spacial score (nSPS) is 11.1. The van der Waals surface area contributed by atoms with Gasteiger partial charge in [0.05, 0.1) is 12.0 Å². The lowest BCUT2D eigenvalue weighted by atomic mass is 10.2. The molecule has 0 aliphatic carbocycles. The Morgan fingerprint density at radius 2 is 2.33 bits per heavy atom. The second kappa shape index (κ2) is 8.35. The molecule has 5 N–H and O–H groups in total. The van der Waals surface area contributed by atoms with Crippen LogP contribution in [0.3, 0.4) is 0 Å². The van der Waals surface area contributed by atoms with E-state index in [1.54, 1.807) is 0 Å². The van der Waals surface area contributed by atoms with Gasteiger partial charge >= 0.3 is 0 Å². The quantitative estimate of drug-likeness (QED) is 0.528. The van der Waals surface area contributed by atoms with Crippen LogP contribution in [0.2, 0.25) is 0 Å². The molecule has 0 saturated carbocycles. The summed E-state index contributed by atoms with van der Waals surface area (Å²) in [6, 6.07) is -0.847. The lowest BCUT2D eigenvalue weighted by molar-refractivity contribution is -0.308. The van der Waals surface area contributed by atoms with E-state index >= 15 is 0 Å². The Balaban J connectivity index is 0. The summed E-state index contributed by atoms with van der Waals surface area (Å²) in [7, 11) is 0. The molecule has 0 spiro atoms. The van der Waals surface area contributed by atoms with Gasteiger partial charge in [-0.05, 0) is 18.4 Å². The van der Waals surface area contributed by atoms with Crippen molar-refractivity contribution >= 4 is 24.1 Å². The van der Waals surface area contributed by atoms with Crippen LogP contribution in [-0.4, -0.2) is 30.4 Å². The van der Waals surface area contributed by atoms with Crippen molar-refractivity contribution in [3.8, 4) is 0 Å². The van der Waals surface area contributed by atoms with Gasteiger partial charge in [0.1, 0.15) is 0 Å². The summed E-state index contributed by atoms with van der Waals surface area (Å²) < 4.78 is 0. The van der Waals surface area contributed by atoms with Gasteiger partial charge in [-0.3, -0.25) is 4.79 Å². The fraction of sp³-hybridized carbons (Fsp3) is 0.667. The maximum atomic E-state index is 10.3. The topological polar surface area (TPSA) is 106 Å². The first-order valence-corrected chi connectivity index (χ1v) is 4.51. The van der Waals surface area contributed by atoms with E-state index in [4.69, 9.17) is 0 Å². The number of carbonyl (C=O) groups is 2. The third-order valence-corrected chi connectivity index (χ3v) is 1.81. The van der Waals surface area contributed by atoms with Gasteiger partial charge in [-0.1, -0.05) is 0 Å². The number of quaternary nitrogens is 1. The second-order valence-electron chi connectivity index (χ2n) is 1.94. The van der Waals surface area contributed by atoms with Crippen molar-refractivity contribution in [2.45, 2.75) is 12.5 Å². The molecule has 6 heteroatoms. The van der Waals surface area contributed by atoms with Crippen LogP contribution in [-0.2, 0) is 9.59 Å². The molecule has 12 heavy (non-hydrogen) atoms. The minimum absolute atomic E-state index is 0. The average molecular weight is 194 g/mol. The summed E-state index contributed by atoms with van der Waals surface area (Å²) in [6.45, 7) is 0. The Morgan fingerprint density at radius 1 is 1.75 bits per heavy atom. The minimum atomic E-state index is -1.23. The zero-order valence-corrected chi connectivity index (χ0v) is 8.02. The Labute approximate surface area is 75.5 Å². The van der Waals surface area contributed by atoms with Gasteiger partial charge in [0.2, 0.25) is 6.41 Å². The van der Waals surface area contributed by atoms with Crippen LogP contribution in [0.5, 0.6) is 0 Å². The highest BCUT2D eigenvalue weighted by molar-refractivity contribution is 7.98. The third-order valence-electron chi connectivity index (χ3n) is 1.16. The number of nitrogens with one attached hydrogen (secondary N) is 1. The fourth-order valence-corrected chi connectivity index (χ4v) is 1.06. The molecule has 0 radical (unpaired) electrons. The first-order valence-electron chi connectivity index (χ1n) is 3.12. The van der Waals surface area contributed by atoms with Gasteiger partial charge in [0, 0.05) is 0 Å². The van der Waals surface area contributed by atoms with E-state index in [-0.39, 0.29) is 6.15 Å². The summed E-state index contributed by atoms with van der Waals surface area (Å²) in [5.41, 5.74) is 0. The molecular weight excluding hydrogens is 180 g/mol. The number of rotatable bonds is 6. The number of aliphatic carboxylic acids is 1. The van der Waals surface area contributed by atoms with Crippen molar-refractivity contribution < 1.29 is 14.7 Å². The molecule has 0 aliphatic rings. The maximum absolute atomic E-state index is 10.3. The molecule has 0 aromatic rings. The molecule has 0 aromatic heterocycles. The molecule has 0 saturated heterocycles. The predicted molar refractivity (Wildman–Crippen MR) is 47.0 cm³/mol. The molecule has 0 aliphatic heterocycles. The number of hydrogen-bond donors (Lipinski definition) is 2. The zero-order valence-electron chi connectivity index (χ0n) is 7.20. The number of carbonyl (C=O) groups excluding carboxylic acids is 2. The Morgan fingerprint density at radius 3 is 2.67 bits per heavy atom. The Kier molecular flexibility index (Phi) is 9.61. The molecule has 5 nitrogen and oxygen atoms in total. The SMILES string of the molecule is CSCC[C@H](NC=O)C(=O)[O-].[NH4+]. The number of hydrogen-bond acceptors (Lipinski definition) is 4. The molecule has 1 amide bonds. The van der Waals surface area contributed by atoms with Crippen LogP contribution in [0, 0.1) is 0 Å². The number of carboxylic acid groups (broad SMARTS) is 1. The van der Waals surface area contributed by atoms with Crippen molar-refractivity contribution in [3.63, 3.8) is 0 Å². The first kappa shape index (κ1) is 13.8. The van der Waals surface area contributed by atoms with Crippen LogP contribution in [0.15, 0.2) is 0 Å². The number of amides is 1. The van der Waals surface area contributed by atoms with Gasteiger partial charge in [0.15, 0.2) is 0 Å². The smallest absolute Gasteiger partial charge is 0.207 e. The van der Waals surface area contributed by atoms with Gasteiger partial charge in [0.25, 0.3) is 0 Å². The van der Waals surface area contributed by atoms with Crippen molar-refractivity contribution in [1.82, 2.24) is 11.5 Å². The molecule has 0 aromatic carbocycles. The van der Waals surface area contributed by atoms with Crippen LogP contribution >= 0.6 is 11.8 Å². The number of carboxylic acids is 1. The maximum Gasteiger partial charge on any atom is 0.207 e. The Bertz CT molecular complexity index is 143. The molecule has 72 valence electrons. The van der Waals surface area contributed by atoms with Gasteiger partial charge < -0.3 is 21.4 Å². The van der Waals surface area contributed by atoms with E-state index < -0.39 is 12.0 Å². The third kappa shape index (κ3) is 5.99. The second-order valence-corrected chi connectivity index (χ2v) is 2.92. The standard InChI is InChI=1S/C6H11NO3S.H3N/c1-11-3-2-5(6(9)10)7-4-8;/h4-5H,2-3H2,1H3,(H,7,8)(H,9,10);1H3/t5-;/m0./s1. The summed E-state index contributed by atoms with van der Waals surface area (Å²) >= 11 is 1.53. The summed E-state index contributed by atoms with van der Waals surface area (Å²) in [4.78, 5) is 20.1. The summed E-state index contributed by atoms with van der Waals surface area (Å²) in [6.07, 6.45) is 2.65. The van der Waals surface area contributed by atoms with E-state index in [0.717, 1.165) is 0 Å². The average Bonchev–Trinajstić information content (AvgIpc) is 1.97. The molecular formula is C6H14N2O3S. The predicted octanol–water partition coefficient (Wildman–Crippen LogP) is -1.02. The van der Waals surface area contributed by atoms with Crippen LogP contribution in [0.25, 0.3) is 0 Å². The van der Waals surface area contributed by atoms with Gasteiger partial charge in [-0.15, -0.1) is 0 Å². The Hall–Kier alpha value is -0.750. The van der Waals surface area contributed by atoms with Crippen molar-refractivity contribution in [2.75, 3.05) is 12.0 Å². The highest BCUT2D eigenvalue weighted by atomic mass is 32.2. The molecule has 0 fully saturated rings. The highest BCUT2D eigenvalue weighted by Crippen LogP contribution is 1.98. The lowest BCUT2D eigenvalue weighted by Gasteiger charge is -2.15. The molecule has 1 atom stereocenters. The monoisotopic (exact) mass is 194 g/mol. The van der Waals surface area contributed by atoms with Crippen LogP contribution < -0.4 is 16.6 Å². The number of thioether (sulfide) groups is 1. The summed E-state index contributed by atoms with van der Waals surface area (Å²) in [5, 5.41) is 12.4. The fourth-order valence-electron chi connectivity index (χ4n) is 0.587.